The third-order valence-corrected chi connectivity index (χ3v) is 8.66. The Morgan fingerprint density at radius 1 is 1.03 bits per heavy atom. The van der Waals surface area contributed by atoms with Gasteiger partial charge in [-0.2, -0.15) is 4.31 Å². The molecule has 2 N–H and O–H groups in total. The molecule has 10 heteroatoms. The summed E-state index contributed by atoms with van der Waals surface area (Å²) in [6.07, 6.45) is 1.11. The number of halogens is 3. The fourth-order valence-electron chi connectivity index (χ4n) is 5.05. The molecule has 2 aliphatic rings. The summed E-state index contributed by atoms with van der Waals surface area (Å²) in [6, 6.07) is 7.23. The zero-order valence-electron chi connectivity index (χ0n) is 19.6. The van der Waals surface area contributed by atoms with Crippen molar-refractivity contribution in [2.45, 2.75) is 50.6 Å². The van der Waals surface area contributed by atoms with Crippen molar-refractivity contribution < 1.29 is 17.2 Å². The molecule has 2 heterocycles. The van der Waals surface area contributed by atoms with Crippen LogP contribution in [0.15, 0.2) is 40.2 Å². The van der Waals surface area contributed by atoms with Crippen molar-refractivity contribution in [3.63, 3.8) is 0 Å². The fourth-order valence-corrected chi connectivity index (χ4v) is 6.90. The molecule has 2 aromatic rings. The average molecular weight is 513 g/mol. The first-order valence-electron chi connectivity index (χ1n) is 11.2. The number of hydrogen-bond donors (Lipinski definition) is 2. The topological polar surface area (TPSA) is 73.8 Å². The van der Waals surface area contributed by atoms with Gasteiger partial charge < -0.3 is 10.6 Å². The molecular formula is C24H31ClF2N4O2S. The molecule has 1 fully saturated rings. The van der Waals surface area contributed by atoms with E-state index >= 15 is 0 Å². The third-order valence-electron chi connectivity index (χ3n) is 6.46. The van der Waals surface area contributed by atoms with Gasteiger partial charge in [-0.25, -0.2) is 17.2 Å². The van der Waals surface area contributed by atoms with Crippen LogP contribution in [0.3, 0.4) is 0 Å². The Labute approximate surface area is 206 Å². The van der Waals surface area contributed by atoms with Gasteiger partial charge in [0, 0.05) is 32.2 Å². The second-order valence-corrected chi connectivity index (χ2v) is 10.9. The van der Waals surface area contributed by atoms with Gasteiger partial charge in [0.15, 0.2) is 0 Å². The minimum atomic E-state index is -3.62. The summed E-state index contributed by atoms with van der Waals surface area (Å²) < 4.78 is 55.6. The van der Waals surface area contributed by atoms with E-state index in [1.807, 2.05) is 32.9 Å². The summed E-state index contributed by atoms with van der Waals surface area (Å²) in [4.78, 5) is 5.03. The lowest BCUT2D eigenvalue weighted by Crippen LogP contribution is -2.64. The summed E-state index contributed by atoms with van der Waals surface area (Å²) in [5.74, 6) is -0.519. The maximum atomic E-state index is 13.5. The minimum Gasteiger partial charge on any atom is -0.368 e. The Kier molecular flexibility index (Phi) is 8.02. The number of aryl methyl sites for hydroxylation is 3. The van der Waals surface area contributed by atoms with Crippen molar-refractivity contribution in [1.82, 2.24) is 14.9 Å². The molecule has 4 rings (SSSR count). The van der Waals surface area contributed by atoms with Gasteiger partial charge in [-0.1, -0.05) is 17.7 Å². The first kappa shape index (κ1) is 26.5. The molecule has 0 radical (unpaired) electrons. The van der Waals surface area contributed by atoms with E-state index in [-0.39, 0.29) is 19.0 Å². The summed E-state index contributed by atoms with van der Waals surface area (Å²) in [6.45, 7) is 7.88. The van der Waals surface area contributed by atoms with E-state index in [9.17, 15) is 17.2 Å². The van der Waals surface area contributed by atoms with Crippen LogP contribution >= 0.6 is 12.4 Å². The monoisotopic (exact) mass is 512 g/mol. The standard InChI is InChI=1S/C24H30F2N4O2S.ClH/c1-16-10-17(2)22(18(3)11-16)33(31,32)30-8-4-24(5-9-30)23(27-6-7-29-24)28-15-19-12-20(25)14-21(26)13-19;/h10-14,29H,4-9,15H2,1-3H3,(H,27,28);1H. The quantitative estimate of drug-likeness (QED) is 0.656. The van der Waals surface area contributed by atoms with Crippen LogP contribution in [0.2, 0.25) is 0 Å². The molecule has 0 aromatic heterocycles. The highest BCUT2D eigenvalue weighted by Crippen LogP contribution is 2.31. The molecule has 2 aromatic carbocycles. The van der Waals surface area contributed by atoms with Crippen LogP contribution in [0.4, 0.5) is 8.78 Å². The zero-order valence-corrected chi connectivity index (χ0v) is 21.3. The van der Waals surface area contributed by atoms with Crippen molar-refractivity contribution in [3.8, 4) is 0 Å². The molecule has 1 spiro atoms. The van der Waals surface area contributed by atoms with Gasteiger partial charge in [-0.15, -0.1) is 12.4 Å². The van der Waals surface area contributed by atoms with Crippen LogP contribution in [0.1, 0.15) is 35.1 Å². The highest BCUT2D eigenvalue weighted by atomic mass is 35.5. The lowest BCUT2D eigenvalue weighted by atomic mass is 9.85. The summed E-state index contributed by atoms with van der Waals surface area (Å²) in [5, 5.41) is 6.77. The van der Waals surface area contributed by atoms with E-state index in [0.29, 0.717) is 49.5 Å². The molecule has 34 heavy (non-hydrogen) atoms. The largest absolute Gasteiger partial charge is 0.368 e. The Morgan fingerprint density at radius 3 is 2.21 bits per heavy atom. The van der Waals surface area contributed by atoms with Gasteiger partial charge in [0.05, 0.1) is 17.0 Å². The zero-order chi connectivity index (χ0) is 23.8. The lowest BCUT2D eigenvalue weighted by molar-refractivity contribution is 0.241. The van der Waals surface area contributed by atoms with Gasteiger partial charge in [0.1, 0.15) is 17.5 Å². The Hall–Kier alpha value is -2.07. The van der Waals surface area contributed by atoms with E-state index in [1.165, 1.54) is 12.1 Å². The van der Waals surface area contributed by atoms with E-state index in [2.05, 4.69) is 15.6 Å². The second kappa shape index (κ2) is 10.3. The molecular weight excluding hydrogens is 482 g/mol. The first-order valence-corrected chi connectivity index (χ1v) is 12.6. The number of piperidine rings is 1. The SMILES string of the molecule is Cc1cc(C)c(S(=O)(=O)N2CCC3(CC2)NCCN=C3NCc2cc(F)cc(F)c2)c(C)c1.Cl. The number of hydrogen-bond acceptors (Lipinski definition) is 5. The fraction of sp³-hybridized carbons (Fsp3) is 0.458. The van der Waals surface area contributed by atoms with Gasteiger partial charge in [-0.05, 0) is 62.4 Å². The molecule has 0 bridgehead atoms. The number of nitrogens with one attached hydrogen (secondary N) is 2. The maximum Gasteiger partial charge on any atom is 0.243 e. The number of amidine groups is 1. The Balaban J connectivity index is 0.00000324. The Bertz CT molecular complexity index is 1150. The number of sulfonamides is 1. The van der Waals surface area contributed by atoms with Crippen molar-refractivity contribution in [1.29, 1.82) is 0 Å². The number of rotatable bonds is 4. The average Bonchev–Trinajstić information content (AvgIpc) is 2.72. The number of aliphatic imine (C=N–C) groups is 1. The van der Waals surface area contributed by atoms with Crippen molar-refractivity contribution in [2.24, 2.45) is 4.99 Å². The van der Waals surface area contributed by atoms with Crippen LogP contribution < -0.4 is 10.6 Å². The van der Waals surface area contributed by atoms with Crippen LogP contribution in [-0.4, -0.2) is 50.3 Å². The summed E-state index contributed by atoms with van der Waals surface area (Å²) in [7, 11) is -3.62. The molecule has 0 saturated carbocycles. The van der Waals surface area contributed by atoms with Crippen LogP contribution in [0.5, 0.6) is 0 Å². The molecule has 0 atom stereocenters. The molecule has 186 valence electrons. The second-order valence-electron chi connectivity index (χ2n) is 9.00. The van der Waals surface area contributed by atoms with Gasteiger partial charge in [0.2, 0.25) is 10.0 Å². The molecule has 0 unspecified atom stereocenters. The molecule has 1 saturated heterocycles. The van der Waals surface area contributed by atoms with Crippen LogP contribution in [0.25, 0.3) is 0 Å². The van der Waals surface area contributed by atoms with Crippen LogP contribution in [0, 0.1) is 32.4 Å². The summed E-state index contributed by atoms with van der Waals surface area (Å²) >= 11 is 0. The predicted octanol–water partition coefficient (Wildman–Crippen LogP) is 3.63. The smallest absolute Gasteiger partial charge is 0.243 e. The first-order chi connectivity index (χ1) is 15.6. The highest BCUT2D eigenvalue weighted by Gasteiger charge is 2.43. The van der Waals surface area contributed by atoms with E-state index in [1.54, 1.807) is 4.31 Å². The number of benzene rings is 2. The molecule has 0 aliphatic carbocycles. The van der Waals surface area contributed by atoms with Crippen molar-refractivity contribution in [3.05, 3.63) is 64.2 Å². The van der Waals surface area contributed by atoms with E-state index in [0.717, 1.165) is 28.6 Å². The normalized spacial score (nSPS) is 18.3. The summed E-state index contributed by atoms with van der Waals surface area (Å²) in [5.41, 5.74) is 2.57. The van der Waals surface area contributed by atoms with Crippen LogP contribution in [-0.2, 0) is 16.6 Å². The lowest BCUT2D eigenvalue weighted by Gasteiger charge is -2.44. The van der Waals surface area contributed by atoms with Gasteiger partial charge in [-0.3, -0.25) is 4.99 Å². The Morgan fingerprint density at radius 2 is 1.62 bits per heavy atom. The molecule has 6 nitrogen and oxygen atoms in total. The molecule has 0 amide bonds. The van der Waals surface area contributed by atoms with Crippen molar-refractivity contribution >= 4 is 28.3 Å². The van der Waals surface area contributed by atoms with Gasteiger partial charge >= 0.3 is 0 Å². The predicted molar refractivity (Wildman–Crippen MR) is 132 cm³/mol. The van der Waals surface area contributed by atoms with E-state index in [4.69, 9.17) is 0 Å². The number of nitrogens with zero attached hydrogens (tertiary/aromatic N) is 2. The minimum absolute atomic E-state index is 0. The third kappa shape index (κ3) is 5.27. The highest BCUT2D eigenvalue weighted by molar-refractivity contribution is 7.89. The van der Waals surface area contributed by atoms with E-state index < -0.39 is 27.2 Å². The van der Waals surface area contributed by atoms with Gasteiger partial charge in [0.25, 0.3) is 0 Å². The molecule has 2 aliphatic heterocycles. The maximum absolute atomic E-state index is 13.5. The van der Waals surface area contributed by atoms with Crippen molar-refractivity contribution in [2.75, 3.05) is 26.2 Å².